The van der Waals surface area contributed by atoms with Crippen molar-refractivity contribution in [1.29, 1.82) is 0 Å². The molecule has 0 spiro atoms. The van der Waals surface area contributed by atoms with Crippen LogP contribution in [0.5, 0.6) is 11.5 Å². The van der Waals surface area contributed by atoms with E-state index in [1.54, 1.807) is 12.1 Å². The van der Waals surface area contributed by atoms with Crippen molar-refractivity contribution < 1.29 is 147 Å². The molecule has 0 unspecified atom stereocenters. The summed E-state index contributed by atoms with van der Waals surface area (Å²) < 4.78 is 41.1. The first-order valence-electron chi connectivity index (χ1n) is 17.1. The minimum absolute atomic E-state index is 0. The largest absolute Gasteiger partial charge is 1.00 e. The van der Waals surface area contributed by atoms with Crippen LogP contribution in [-0.2, 0) is 9.68 Å². The molecule has 0 saturated heterocycles. The molecule has 0 amide bonds. The van der Waals surface area contributed by atoms with E-state index in [1.807, 2.05) is 48.5 Å². The zero-order valence-electron chi connectivity index (χ0n) is 32.3. The van der Waals surface area contributed by atoms with Gasteiger partial charge in [0.05, 0.1) is 0 Å². The average Bonchev–Trinajstić information content (AvgIpc) is 3.76. The van der Waals surface area contributed by atoms with Crippen LogP contribution in [0.2, 0.25) is 20.1 Å². The summed E-state index contributed by atoms with van der Waals surface area (Å²) in [6.45, 7) is -0.181. The molecule has 0 saturated carbocycles. The Morgan fingerprint density at radius 2 is 0.833 bits per heavy atom. The molecule has 2 N–H and O–H groups in total. The number of phenolic OH excluding ortho intramolecular Hbond substituents is 2. The molecule has 2 aromatic heterocycles. The second kappa shape index (κ2) is 19.7. The molecule has 0 fully saturated rings. The second-order valence-corrected chi connectivity index (χ2v) is 14.7. The molecule has 0 bridgehead atoms. The van der Waals surface area contributed by atoms with Crippen LogP contribution >= 0.6 is 46.4 Å². The zero-order valence-corrected chi connectivity index (χ0v) is 40.6. The van der Waals surface area contributed by atoms with Crippen LogP contribution < -0.4 is 108 Å². The fourth-order valence-electron chi connectivity index (χ4n) is 7.24. The van der Waals surface area contributed by atoms with E-state index >= 15 is 0 Å². The summed E-state index contributed by atoms with van der Waals surface area (Å²) in [6, 6.07) is 33.8. The third-order valence-corrected chi connectivity index (χ3v) is 10.5. The van der Waals surface area contributed by atoms with E-state index in [1.165, 1.54) is 36.4 Å². The molecule has 10 aromatic rings. The van der Waals surface area contributed by atoms with Gasteiger partial charge >= 0.3 is 103 Å². The molecule has 0 aliphatic carbocycles. The number of rotatable bonds is 3. The number of phenols is 2. The Morgan fingerprint density at radius 1 is 0.500 bits per heavy atom. The van der Waals surface area contributed by atoms with Gasteiger partial charge in [-0.2, -0.15) is 0 Å². The van der Waals surface area contributed by atoms with Gasteiger partial charge in [0.25, 0.3) is 6.47 Å². The summed E-state index contributed by atoms with van der Waals surface area (Å²) in [5.74, 6) is -1.52. The fraction of sp³-hybridized carbons (Fsp3) is 0. The maximum absolute atomic E-state index is 14.5. The maximum Gasteiger partial charge on any atom is 1.00 e. The predicted octanol–water partition coefficient (Wildman–Crippen LogP) is 7.67. The van der Waals surface area contributed by atoms with Gasteiger partial charge in [0.15, 0.2) is 0 Å². The Balaban J connectivity index is 0.000000203. The molecule has 2 heterocycles. The van der Waals surface area contributed by atoms with Crippen molar-refractivity contribution in [2.24, 2.45) is 0 Å². The molecule has 290 valence electrons. The van der Waals surface area contributed by atoms with Gasteiger partial charge < -0.3 is 30.6 Å². The van der Waals surface area contributed by atoms with Gasteiger partial charge in [-0.25, -0.2) is 8.78 Å². The van der Waals surface area contributed by atoms with E-state index in [9.17, 15) is 19.0 Å². The molecule has 0 atom stereocenters. The summed E-state index contributed by atoms with van der Waals surface area (Å²) >= 11 is 23.9. The van der Waals surface area contributed by atoms with Gasteiger partial charge in [0.2, 0.25) is 0 Å². The van der Waals surface area contributed by atoms with Crippen molar-refractivity contribution in [3.63, 3.8) is 0 Å². The van der Waals surface area contributed by atoms with Crippen molar-refractivity contribution in [2.75, 3.05) is 0 Å². The van der Waals surface area contributed by atoms with Crippen LogP contribution in [0.15, 0.2) is 130 Å². The van der Waals surface area contributed by atoms with Crippen LogP contribution in [0.1, 0.15) is 1.43 Å². The summed E-state index contributed by atoms with van der Waals surface area (Å²) in [7, 11) is 0. The van der Waals surface area contributed by atoms with Crippen LogP contribution in [0.4, 0.5) is 8.78 Å². The number of halogens is 6. The molecule has 0 radical (unpaired) electrons. The van der Waals surface area contributed by atoms with Gasteiger partial charge in [-0.05, 0) is 131 Å². The van der Waals surface area contributed by atoms with E-state index in [-0.39, 0.29) is 154 Å². The normalized spacial score (nSPS) is 10.8. The SMILES string of the molecule is Clc1ccc2c(c1)oc1ccc3c(ccc4oc5cc(Cl)ccc5c43)c12.O=CO[O-].Oc1ccc2c(-c3ccc(Cl)cc3F)c(O)ccc2c1-c1ccc(Cl)cc1F.[H-].[K+].[K+]. The van der Waals surface area contributed by atoms with E-state index in [0.29, 0.717) is 20.8 Å². The minimum atomic E-state index is -0.609. The fourth-order valence-corrected chi connectivity index (χ4v) is 7.88. The number of carbonyl (C=O) groups excluding carboxylic acids is 1. The second-order valence-electron chi connectivity index (χ2n) is 12.9. The summed E-state index contributed by atoms with van der Waals surface area (Å²) in [4.78, 5) is 11.2. The molecular weight excluding hydrogens is 910 g/mol. The van der Waals surface area contributed by atoms with Gasteiger partial charge in [0.1, 0.15) is 45.5 Å². The van der Waals surface area contributed by atoms with Gasteiger partial charge in [-0.3, -0.25) is 4.79 Å². The first kappa shape index (κ1) is 46.7. The smallest absolute Gasteiger partial charge is 1.00 e. The van der Waals surface area contributed by atoms with E-state index in [4.69, 9.17) is 65.3 Å². The molecule has 60 heavy (non-hydrogen) atoms. The van der Waals surface area contributed by atoms with Crippen molar-refractivity contribution in [2.45, 2.75) is 0 Å². The van der Waals surface area contributed by atoms with Crippen LogP contribution in [0, 0.1) is 11.6 Å². The van der Waals surface area contributed by atoms with Gasteiger partial charge in [0, 0.05) is 76.0 Å². The number of aromatic hydroxyl groups is 2. The Kier molecular flexibility index (Phi) is 15.3. The third-order valence-electron chi connectivity index (χ3n) is 9.59. The summed E-state index contributed by atoms with van der Waals surface area (Å²) in [5, 5.41) is 38.5. The Labute approximate surface area is 445 Å². The molecule has 15 heteroatoms. The standard InChI is InChI=1S/C22H12Cl2F2O2.C22H10Cl2O2.CH2O3.2K.H/c23-11-1-3-15(17(25)9-11)21-13-5-8-20(28)22(14(13)6-7-19(21)27)16-4-2-12(24)10-18(16)26;23-11-1-3-15-19(9-11)25-17-7-6-14-13(21(15)17)5-8-18-22(14)16-4-2-12(24)10-20(16)26-18;2-1-4-3;;;/h1-10,27-28H;1-10H;1,3H;;;/q;;;2*+1;-1/p-1. The number of furan rings is 2. The Hall–Kier alpha value is -2.80. The Bertz CT molecular complexity index is 3060. The van der Waals surface area contributed by atoms with Crippen LogP contribution in [0.25, 0.3) is 87.7 Å². The summed E-state index contributed by atoms with van der Waals surface area (Å²) in [6.07, 6.45) is 0. The van der Waals surface area contributed by atoms with Gasteiger partial charge in [-0.15, -0.1) is 0 Å². The molecule has 8 aromatic carbocycles. The monoisotopic (exact) mass is 932 g/mol. The van der Waals surface area contributed by atoms with Crippen molar-refractivity contribution in [3.05, 3.63) is 153 Å². The van der Waals surface area contributed by atoms with Crippen LogP contribution in [-0.4, -0.2) is 16.7 Å². The summed E-state index contributed by atoms with van der Waals surface area (Å²) in [5.41, 5.74) is 4.02. The minimum Gasteiger partial charge on any atom is -1.00 e. The van der Waals surface area contributed by atoms with Gasteiger partial charge in [-0.1, -0.05) is 46.4 Å². The number of hydrogen-bond acceptors (Lipinski definition) is 7. The molecule has 10 rings (SSSR count). The third kappa shape index (κ3) is 9.00. The van der Waals surface area contributed by atoms with Crippen molar-refractivity contribution in [1.82, 2.24) is 0 Å². The van der Waals surface area contributed by atoms with E-state index < -0.39 is 11.6 Å². The first-order valence-corrected chi connectivity index (χ1v) is 18.6. The van der Waals surface area contributed by atoms with Crippen LogP contribution in [0.3, 0.4) is 0 Å². The molecular formula is C45H24Cl4F2K2O7. The van der Waals surface area contributed by atoms with Crippen molar-refractivity contribution in [3.8, 4) is 33.8 Å². The first-order chi connectivity index (χ1) is 28.0. The van der Waals surface area contributed by atoms with E-state index in [0.717, 1.165) is 66.8 Å². The van der Waals surface area contributed by atoms with Crippen molar-refractivity contribution >= 4 is 118 Å². The Morgan fingerprint density at radius 3 is 1.20 bits per heavy atom. The quantitative estimate of drug-likeness (QED) is 0.0809. The van der Waals surface area contributed by atoms with E-state index in [2.05, 4.69) is 17.0 Å². The number of fused-ring (bicyclic) bond motifs is 10. The molecule has 7 nitrogen and oxygen atoms in total. The molecule has 0 aliphatic heterocycles. The number of hydrogen-bond donors (Lipinski definition) is 2. The predicted molar refractivity (Wildman–Crippen MR) is 225 cm³/mol. The molecule has 0 aliphatic rings. The number of benzene rings is 8. The zero-order chi connectivity index (χ0) is 40.8. The number of carbonyl (C=O) groups is 1. The average molecular weight is 935 g/mol. The maximum atomic E-state index is 14.5. The topological polar surface area (TPSA) is 116 Å².